The quantitative estimate of drug-likeness (QED) is 0.496. The second kappa shape index (κ2) is 6.05. The van der Waals surface area contributed by atoms with Gasteiger partial charge in [0.2, 0.25) is 5.91 Å². The van der Waals surface area contributed by atoms with E-state index in [1.54, 1.807) is 19.9 Å². The molecule has 4 heteroatoms. The predicted molar refractivity (Wildman–Crippen MR) is 56.8 cm³/mol. The fourth-order valence-corrected chi connectivity index (χ4v) is 1.23. The van der Waals surface area contributed by atoms with Gasteiger partial charge >= 0.3 is 0 Å². The van der Waals surface area contributed by atoms with E-state index in [0.717, 1.165) is 5.75 Å². The molecule has 0 rings (SSSR count). The van der Waals surface area contributed by atoms with Crippen LogP contribution in [-0.2, 0) is 4.79 Å². The number of amides is 1. The molecule has 0 bridgehead atoms. The highest BCUT2D eigenvalue weighted by molar-refractivity contribution is 8.00. The van der Waals surface area contributed by atoms with E-state index in [2.05, 4.69) is 11.9 Å². The molecule has 1 amide bonds. The molecule has 0 radical (unpaired) electrons. The SMILES string of the molecule is C=CCSCC(=O)NC(C)(C)CO. The Balaban J connectivity index is 3.67. The van der Waals surface area contributed by atoms with Crippen LogP contribution in [0, 0.1) is 0 Å². The lowest BCUT2D eigenvalue weighted by atomic mass is 10.1. The molecule has 0 saturated carbocycles. The number of carbonyl (C=O) groups is 1. The zero-order chi connectivity index (χ0) is 10.3. The third-order valence-corrected chi connectivity index (χ3v) is 2.28. The molecule has 2 N–H and O–H groups in total. The monoisotopic (exact) mass is 203 g/mol. The van der Waals surface area contributed by atoms with Crippen molar-refractivity contribution in [1.82, 2.24) is 5.32 Å². The molecule has 3 nitrogen and oxygen atoms in total. The average molecular weight is 203 g/mol. The Bertz CT molecular complexity index is 180. The number of rotatable bonds is 6. The van der Waals surface area contributed by atoms with Crippen molar-refractivity contribution in [2.24, 2.45) is 0 Å². The number of hydrogen-bond donors (Lipinski definition) is 2. The average Bonchev–Trinajstić information content (AvgIpc) is 2.04. The van der Waals surface area contributed by atoms with Gasteiger partial charge in [0.15, 0.2) is 0 Å². The molecule has 13 heavy (non-hydrogen) atoms. The van der Waals surface area contributed by atoms with Crippen molar-refractivity contribution < 1.29 is 9.90 Å². The van der Waals surface area contributed by atoms with Crippen LogP contribution >= 0.6 is 11.8 Å². The first kappa shape index (κ1) is 12.5. The second-order valence-electron chi connectivity index (χ2n) is 3.39. The van der Waals surface area contributed by atoms with Crippen LogP contribution in [0.4, 0.5) is 0 Å². The topological polar surface area (TPSA) is 49.3 Å². The van der Waals surface area contributed by atoms with Crippen molar-refractivity contribution in [3.63, 3.8) is 0 Å². The molecular weight excluding hydrogens is 186 g/mol. The normalized spacial score (nSPS) is 11.0. The van der Waals surface area contributed by atoms with Crippen LogP contribution in [0.2, 0.25) is 0 Å². The molecule has 0 spiro atoms. The van der Waals surface area contributed by atoms with Crippen molar-refractivity contribution in [2.75, 3.05) is 18.1 Å². The Morgan fingerprint density at radius 3 is 2.77 bits per heavy atom. The molecular formula is C9H17NO2S. The lowest BCUT2D eigenvalue weighted by Gasteiger charge is -2.23. The molecule has 0 atom stereocenters. The highest BCUT2D eigenvalue weighted by Gasteiger charge is 2.18. The van der Waals surface area contributed by atoms with Gasteiger partial charge in [-0.05, 0) is 13.8 Å². The molecule has 0 saturated heterocycles. The van der Waals surface area contributed by atoms with Crippen LogP contribution in [-0.4, -0.2) is 34.7 Å². The molecule has 0 fully saturated rings. The maximum Gasteiger partial charge on any atom is 0.230 e. The largest absolute Gasteiger partial charge is 0.394 e. The Labute approximate surface area is 83.6 Å². The van der Waals surface area contributed by atoms with Crippen molar-refractivity contribution in [3.05, 3.63) is 12.7 Å². The number of aliphatic hydroxyl groups is 1. The van der Waals surface area contributed by atoms with E-state index >= 15 is 0 Å². The summed E-state index contributed by atoms with van der Waals surface area (Å²) in [6.07, 6.45) is 1.76. The first-order chi connectivity index (χ1) is 6.02. The van der Waals surface area contributed by atoms with E-state index < -0.39 is 5.54 Å². The number of carbonyl (C=O) groups excluding carboxylic acids is 1. The highest BCUT2D eigenvalue weighted by Crippen LogP contribution is 2.03. The minimum atomic E-state index is -0.522. The lowest BCUT2D eigenvalue weighted by Crippen LogP contribution is -2.47. The first-order valence-corrected chi connectivity index (χ1v) is 5.28. The maximum atomic E-state index is 11.2. The molecule has 0 heterocycles. The number of hydrogen-bond acceptors (Lipinski definition) is 3. The van der Waals surface area contributed by atoms with Gasteiger partial charge in [-0.1, -0.05) is 6.08 Å². The molecule has 0 aliphatic rings. The van der Waals surface area contributed by atoms with Crippen molar-refractivity contribution in [2.45, 2.75) is 19.4 Å². The van der Waals surface area contributed by atoms with Crippen LogP contribution in [0.5, 0.6) is 0 Å². The van der Waals surface area contributed by atoms with Gasteiger partial charge in [-0.25, -0.2) is 0 Å². The zero-order valence-electron chi connectivity index (χ0n) is 8.17. The van der Waals surface area contributed by atoms with E-state index in [4.69, 9.17) is 5.11 Å². The summed E-state index contributed by atoms with van der Waals surface area (Å²) in [6, 6.07) is 0. The summed E-state index contributed by atoms with van der Waals surface area (Å²) in [7, 11) is 0. The van der Waals surface area contributed by atoms with Crippen LogP contribution in [0.1, 0.15) is 13.8 Å². The van der Waals surface area contributed by atoms with Gasteiger partial charge in [0, 0.05) is 5.75 Å². The van der Waals surface area contributed by atoms with Crippen LogP contribution in [0.3, 0.4) is 0 Å². The summed E-state index contributed by atoms with van der Waals surface area (Å²) in [5.74, 6) is 1.13. The van der Waals surface area contributed by atoms with Crippen LogP contribution < -0.4 is 5.32 Å². The van der Waals surface area contributed by atoms with Crippen LogP contribution in [0.25, 0.3) is 0 Å². The maximum absolute atomic E-state index is 11.2. The highest BCUT2D eigenvalue weighted by atomic mass is 32.2. The molecule has 0 aromatic carbocycles. The molecule has 0 unspecified atom stereocenters. The molecule has 0 aromatic heterocycles. The first-order valence-electron chi connectivity index (χ1n) is 4.12. The van der Waals surface area contributed by atoms with Crippen LogP contribution in [0.15, 0.2) is 12.7 Å². The molecule has 0 aromatic rings. The summed E-state index contributed by atoms with van der Waals surface area (Å²) in [5.41, 5.74) is -0.522. The Morgan fingerprint density at radius 2 is 2.31 bits per heavy atom. The summed E-state index contributed by atoms with van der Waals surface area (Å²) in [5, 5.41) is 11.6. The molecule has 76 valence electrons. The van der Waals surface area contributed by atoms with Gasteiger partial charge in [-0.15, -0.1) is 18.3 Å². The standard InChI is InChI=1S/C9H17NO2S/c1-4-5-13-6-8(12)10-9(2,3)7-11/h4,11H,1,5-7H2,2-3H3,(H,10,12). The lowest BCUT2D eigenvalue weighted by molar-refractivity contribution is -0.120. The van der Waals surface area contributed by atoms with Crippen molar-refractivity contribution >= 4 is 17.7 Å². The van der Waals surface area contributed by atoms with Gasteiger partial charge in [0.05, 0.1) is 17.9 Å². The van der Waals surface area contributed by atoms with Gasteiger partial charge < -0.3 is 10.4 Å². The van der Waals surface area contributed by atoms with E-state index in [0.29, 0.717) is 5.75 Å². The minimum Gasteiger partial charge on any atom is -0.394 e. The van der Waals surface area contributed by atoms with Gasteiger partial charge in [-0.2, -0.15) is 0 Å². The Morgan fingerprint density at radius 1 is 1.69 bits per heavy atom. The Hall–Kier alpha value is -0.480. The van der Waals surface area contributed by atoms with Crippen molar-refractivity contribution in [1.29, 1.82) is 0 Å². The van der Waals surface area contributed by atoms with Gasteiger partial charge in [-0.3, -0.25) is 4.79 Å². The van der Waals surface area contributed by atoms with Gasteiger partial charge in [0.25, 0.3) is 0 Å². The fraction of sp³-hybridized carbons (Fsp3) is 0.667. The van der Waals surface area contributed by atoms with E-state index in [1.807, 2.05) is 0 Å². The molecule has 0 aliphatic heterocycles. The predicted octanol–water partition coefficient (Wildman–Crippen LogP) is 0.793. The minimum absolute atomic E-state index is 0.0501. The van der Waals surface area contributed by atoms with Gasteiger partial charge in [0.1, 0.15) is 0 Å². The van der Waals surface area contributed by atoms with E-state index in [9.17, 15) is 4.79 Å². The number of aliphatic hydroxyl groups excluding tert-OH is 1. The summed E-state index contributed by atoms with van der Waals surface area (Å²) >= 11 is 1.50. The Kier molecular flexibility index (Phi) is 5.82. The second-order valence-corrected chi connectivity index (χ2v) is 4.42. The third kappa shape index (κ3) is 6.66. The summed E-state index contributed by atoms with van der Waals surface area (Å²) < 4.78 is 0. The third-order valence-electron chi connectivity index (χ3n) is 1.34. The molecule has 0 aliphatic carbocycles. The van der Waals surface area contributed by atoms with E-state index in [1.165, 1.54) is 11.8 Å². The summed E-state index contributed by atoms with van der Waals surface area (Å²) in [6.45, 7) is 7.07. The summed E-state index contributed by atoms with van der Waals surface area (Å²) in [4.78, 5) is 11.2. The van der Waals surface area contributed by atoms with Crippen molar-refractivity contribution in [3.8, 4) is 0 Å². The zero-order valence-corrected chi connectivity index (χ0v) is 8.99. The number of nitrogens with one attached hydrogen (secondary N) is 1. The fourth-order valence-electron chi connectivity index (χ4n) is 0.688. The van der Waals surface area contributed by atoms with E-state index in [-0.39, 0.29) is 12.5 Å². The smallest absolute Gasteiger partial charge is 0.230 e. The number of thioether (sulfide) groups is 1.